The van der Waals surface area contributed by atoms with E-state index in [4.69, 9.17) is 5.73 Å². The summed E-state index contributed by atoms with van der Waals surface area (Å²) in [7, 11) is 0. The quantitative estimate of drug-likeness (QED) is 0.769. The van der Waals surface area contributed by atoms with Gasteiger partial charge in [-0.3, -0.25) is 4.79 Å². The van der Waals surface area contributed by atoms with E-state index in [1.54, 1.807) is 29.2 Å². The molecule has 6 heteroatoms. The van der Waals surface area contributed by atoms with E-state index in [1.807, 2.05) is 13.8 Å². The number of hydrogen-bond acceptors (Lipinski definition) is 3. The summed E-state index contributed by atoms with van der Waals surface area (Å²) >= 11 is 0. The number of nitrogens with one attached hydrogen (secondary N) is 1. The second-order valence-corrected chi connectivity index (χ2v) is 5.49. The van der Waals surface area contributed by atoms with Gasteiger partial charge in [-0.15, -0.1) is 0 Å². The van der Waals surface area contributed by atoms with Crippen LogP contribution in [0.3, 0.4) is 0 Å². The SMILES string of the molecule is CC(C)C1(O)CN(C(=O)c2ccc(NC(N)=O)cc2)C1. The van der Waals surface area contributed by atoms with Gasteiger partial charge in [0, 0.05) is 11.3 Å². The fraction of sp³-hybridized carbons (Fsp3) is 0.429. The number of nitrogens with zero attached hydrogens (tertiary/aromatic N) is 1. The van der Waals surface area contributed by atoms with Gasteiger partial charge in [-0.25, -0.2) is 4.79 Å². The first-order valence-electron chi connectivity index (χ1n) is 6.50. The molecule has 1 saturated heterocycles. The van der Waals surface area contributed by atoms with Crippen LogP contribution in [0.5, 0.6) is 0 Å². The molecule has 0 bridgehead atoms. The zero-order valence-corrected chi connectivity index (χ0v) is 11.6. The number of β-amino-alcohol motifs (C(OH)–C–C–N with tert-alkyl or cyclic N) is 1. The van der Waals surface area contributed by atoms with Crippen molar-refractivity contribution in [2.45, 2.75) is 19.4 Å². The predicted octanol–water partition coefficient (Wildman–Crippen LogP) is 1.02. The molecule has 3 amide bonds. The highest BCUT2D eigenvalue weighted by atomic mass is 16.3. The number of primary amides is 1. The zero-order chi connectivity index (χ0) is 14.9. The van der Waals surface area contributed by atoms with Crippen molar-refractivity contribution in [2.75, 3.05) is 18.4 Å². The van der Waals surface area contributed by atoms with Crippen LogP contribution in [0.25, 0.3) is 0 Å². The average molecular weight is 277 g/mol. The smallest absolute Gasteiger partial charge is 0.316 e. The van der Waals surface area contributed by atoms with Gasteiger partial charge in [0.05, 0.1) is 13.1 Å². The number of rotatable bonds is 3. The molecule has 0 aliphatic carbocycles. The number of nitrogens with two attached hydrogens (primary N) is 1. The molecular weight excluding hydrogens is 258 g/mol. The normalized spacial score (nSPS) is 16.7. The minimum atomic E-state index is -0.775. The molecule has 6 nitrogen and oxygen atoms in total. The highest BCUT2D eigenvalue weighted by molar-refractivity contribution is 5.96. The average Bonchev–Trinajstić information content (AvgIpc) is 2.34. The first-order valence-corrected chi connectivity index (χ1v) is 6.50. The number of likely N-dealkylation sites (tertiary alicyclic amines) is 1. The molecule has 0 spiro atoms. The van der Waals surface area contributed by atoms with Crippen molar-refractivity contribution in [3.63, 3.8) is 0 Å². The fourth-order valence-corrected chi connectivity index (χ4v) is 2.14. The first kappa shape index (κ1) is 14.3. The topological polar surface area (TPSA) is 95.7 Å². The molecule has 4 N–H and O–H groups in total. The Hall–Kier alpha value is -2.08. The number of anilines is 1. The summed E-state index contributed by atoms with van der Waals surface area (Å²) in [6.45, 7) is 4.58. The Bertz CT molecular complexity index is 519. The van der Waals surface area contributed by atoms with Crippen LogP contribution >= 0.6 is 0 Å². The number of amides is 3. The Morgan fingerprint density at radius 2 is 1.85 bits per heavy atom. The summed E-state index contributed by atoms with van der Waals surface area (Å²) in [6.07, 6.45) is 0. The van der Waals surface area contributed by atoms with E-state index in [1.165, 1.54) is 0 Å². The number of benzene rings is 1. The zero-order valence-electron chi connectivity index (χ0n) is 11.6. The van der Waals surface area contributed by atoms with Gasteiger partial charge in [0.1, 0.15) is 5.60 Å². The van der Waals surface area contributed by atoms with Gasteiger partial charge in [0.15, 0.2) is 0 Å². The van der Waals surface area contributed by atoms with Crippen molar-refractivity contribution in [2.24, 2.45) is 11.7 Å². The maximum Gasteiger partial charge on any atom is 0.316 e. The Balaban J connectivity index is 1.99. The number of carbonyl (C=O) groups is 2. The van der Waals surface area contributed by atoms with Crippen LogP contribution < -0.4 is 11.1 Å². The molecule has 0 radical (unpaired) electrons. The van der Waals surface area contributed by atoms with Gasteiger partial charge < -0.3 is 21.1 Å². The van der Waals surface area contributed by atoms with Gasteiger partial charge in [-0.05, 0) is 30.2 Å². The van der Waals surface area contributed by atoms with Crippen molar-refractivity contribution < 1.29 is 14.7 Å². The minimum Gasteiger partial charge on any atom is -0.386 e. The Morgan fingerprint density at radius 3 is 2.30 bits per heavy atom. The van der Waals surface area contributed by atoms with Crippen molar-refractivity contribution >= 4 is 17.6 Å². The number of carbonyl (C=O) groups excluding carboxylic acids is 2. The van der Waals surface area contributed by atoms with E-state index in [2.05, 4.69) is 5.32 Å². The van der Waals surface area contributed by atoms with Crippen molar-refractivity contribution in [3.8, 4) is 0 Å². The third-order valence-corrected chi connectivity index (χ3v) is 3.69. The molecule has 1 aliphatic heterocycles. The lowest BCUT2D eigenvalue weighted by atomic mass is 9.82. The van der Waals surface area contributed by atoms with E-state index in [0.717, 1.165) is 0 Å². The first-order chi connectivity index (χ1) is 9.32. The number of aliphatic hydroxyl groups is 1. The van der Waals surface area contributed by atoms with Gasteiger partial charge in [0.2, 0.25) is 0 Å². The molecule has 0 aromatic heterocycles. The molecule has 1 aromatic rings. The molecule has 0 atom stereocenters. The lowest BCUT2D eigenvalue weighted by molar-refractivity contribution is -0.110. The fourth-order valence-electron chi connectivity index (χ4n) is 2.14. The molecular formula is C14H19N3O3. The number of hydrogen-bond donors (Lipinski definition) is 3. The highest BCUT2D eigenvalue weighted by Crippen LogP contribution is 2.29. The largest absolute Gasteiger partial charge is 0.386 e. The van der Waals surface area contributed by atoms with Gasteiger partial charge in [0.25, 0.3) is 5.91 Å². The molecule has 1 fully saturated rings. The van der Waals surface area contributed by atoms with Crippen LogP contribution in [0.2, 0.25) is 0 Å². The van der Waals surface area contributed by atoms with Gasteiger partial charge >= 0.3 is 6.03 Å². The molecule has 1 heterocycles. The van der Waals surface area contributed by atoms with Crippen LogP contribution in [-0.4, -0.2) is 40.6 Å². The van der Waals surface area contributed by atoms with Crippen LogP contribution in [0.15, 0.2) is 24.3 Å². The van der Waals surface area contributed by atoms with Crippen LogP contribution in [-0.2, 0) is 0 Å². The van der Waals surface area contributed by atoms with Crippen molar-refractivity contribution in [3.05, 3.63) is 29.8 Å². The summed E-state index contributed by atoms with van der Waals surface area (Å²) in [5, 5.41) is 12.6. The van der Waals surface area contributed by atoms with E-state index in [9.17, 15) is 14.7 Å². The Morgan fingerprint density at radius 1 is 1.30 bits per heavy atom. The van der Waals surface area contributed by atoms with Crippen LogP contribution in [0.4, 0.5) is 10.5 Å². The van der Waals surface area contributed by atoms with E-state index < -0.39 is 11.6 Å². The summed E-state index contributed by atoms with van der Waals surface area (Å²) in [4.78, 5) is 24.5. The van der Waals surface area contributed by atoms with E-state index in [-0.39, 0.29) is 11.8 Å². The third-order valence-electron chi connectivity index (χ3n) is 3.69. The summed E-state index contributed by atoms with van der Waals surface area (Å²) in [5.41, 5.74) is 5.29. The molecule has 0 unspecified atom stereocenters. The van der Waals surface area contributed by atoms with Crippen LogP contribution in [0, 0.1) is 5.92 Å². The monoisotopic (exact) mass is 277 g/mol. The summed E-state index contributed by atoms with van der Waals surface area (Å²) < 4.78 is 0. The standard InChI is InChI=1S/C14H19N3O3/c1-9(2)14(20)7-17(8-14)12(18)10-3-5-11(6-4-10)16-13(15)19/h3-6,9,20H,7-8H2,1-2H3,(H3,15,16,19). The second kappa shape index (κ2) is 5.13. The molecule has 0 saturated carbocycles. The molecule has 108 valence electrons. The van der Waals surface area contributed by atoms with E-state index in [0.29, 0.717) is 24.3 Å². The maximum atomic E-state index is 12.2. The van der Waals surface area contributed by atoms with Crippen LogP contribution in [0.1, 0.15) is 24.2 Å². The minimum absolute atomic E-state index is 0.119. The molecule has 20 heavy (non-hydrogen) atoms. The third kappa shape index (κ3) is 2.75. The molecule has 2 rings (SSSR count). The highest BCUT2D eigenvalue weighted by Gasteiger charge is 2.45. The Labute approximate surface area is 117 Å². The lowest BCUT2D eigenvalue weighted by Gasteiger charge is -2.49. The number of urea groups is 1. The summed E-state index contributed by atoms with van der Waals surface area (Å²) in [6, 6.07) is 5.84. The van der Waals surface area contributed by atoms with E-state index >= 15 is 0 Å². The molecule has 1 aliphatic rings. The maximum absolute atomic E-state index is 12.2. The van der Waals surface area contributed by atoms with Crippen molar-refractivity contribution in [1.82, 2.24) is 4.90 Å². The van der Waals surface area contributed by atoms with Gasteiger partial charge in [-0.2, -0.15) is 0 Å². The predicted molar refractivity (Wildman–Crippen MR) is 75.3 cm³/mol. The van der Waals surface area contributed by atoms with Gasteiger partial charge in [-0.1, -0.05) is 13.8 Å². The molecule has 1 aromatic carbocycles. The van der Waals surface area contributed by atoms with Crippen molar-refractivity contribution in [1.29, 1.82) is 0 Å². The Kier molecular flexibility index (Phi) is 3.67. The lowest BCUT2D eigenvalue weighted by Crippen LogP contribution is -2.65. The second-order valence-electron chi connectivity index (χ2n) is 5.49. The summed E-state index contributed by atoms with van der Waals surface area (Å²) in [5.74, 6) is -0.00496.